The van der Waals surface area contributed by atoms with Crippen LogP contribution >= 0.6 is 11.3 Å². The third kappa shape index (κ3) is 2.31. The molecule has 0 aliphatic heterocycles. The van der Waals surface area contributed by atoms with Crippen LogP contribution in [0.5, 0.6) is 0 Å². The van der Waals surface area contributed by atoms with Gasteiger partial charge in [0.25, 0.3) is 0 Å². The number of thiophene rings is 1. The number of hydrogen-bond donors (Lipinski definition) is 1. The van der Waals surface area contributed by atoms with Crippen molar-refractivity contribution in [2.45, 2.75) is 20.8 Å². The van der Waals surface area contributed by atoms with Crippen molar-refractivity contribution >= 4 is 33.1 Å². The predicted octanol–water partition coefficient (Wildman–Crippen LogP) is 4.36. The van der Waals surface area contributed by atoms with Gasteiger partial charge < -0.3 is 5.32 Å². The topological polar surface area (TPSA) is 37.8 Å². The number of aryl methyl sites for hydroxylation is 3. The Balaban J connectivity index is 2.05. The van der Waals surface area contributed by atoms with E-state index in [-0.39, 0.29) is 0 Å². The molecule has 0 radical (unpaired) electrons. The lowest BCUT2D eigenvalue weighted by atomic mass is 10.1. The summed E-state index contributed by atoms with van der Waals surface area (Å²) < 4.78 is 0. The SMILES string of the molecule is Cc1ccc(Nc2ncnc3sc(C)cc23)c(C)c1. The fourth-order valence-electron chi connectivity index (χ4n) is 2.16. The van der Waals surface area contributed by atoms with Crippen LogP contribution in [0.1, 0.15) is 16.0 Å². The number of anilines is 2. The van der Waals surface area contributed by atoms with Gasteiger partial charge in [0.2, 0.25) is 0 Å². The maximum Gasteiger partial charge on any atom is 0.142 e. The molecule has 3 rings (SSSR count). The number of hydrogen-bond acceptors (Lipinski definition) is 4. The van der Waals surface area contributed by atoms with Crippen LogP contribution in [0.2, 0.25) is 0 Å². The molecule has 0 spiro atoms. The molecule has 3 nitrogen and oxygen atoms in total. The van der Waals surface area contributed by atoms with E-state index in [4.69, 9.17) is 0 Å². The van der Waals surface area contributed by atoms with Gasteiger partial charge in [0.1, 0.15) is 17.0 Å². The molecule has 0 amide bonds. The largest absolute Gasteiger partial charge is 0.339 e. The normalized spacial score (nSPS) is 10.9. The second-order valence-corrected chi connectivity index (χ2v) is 5.98. The second kappa shape index (κ2) is 4.63. The number of nitrogens with zero attached hydrogens (tertiary/aromatic N) is 2. The quantitative estimate of drug-likeness (QED) is 0.751. The lowest BCUT2D eigenvalue weighted by molar-refractivity contribution is 1.22. The molecule has 0 saturated heterocycles. The molecule has 0 fully saturated rings. The van der Waals surface area contributed by atoms with Crippen LogP contribution in [0.4, 0.5) is 11.5 Å². The first-order valence-electron chi connectivity index (χ1n) is 6.19. The van der Waals surface area contributed by atoms with E-state index in [9.17, 15) is 0 Å². The summed E-state index contributed by atoms with van der Waals surface area (Å²) in [5.74, 6) is 0.876. The van der Waals surface area contributed by atoms with Gasteiger partial charge >= 0.3 is 0 Å². The Bertz CT molecular complexity index is 746. The van der Waals surface area contributed by atoms with Gasteiger partial charge in [0, 0.05) is 10.6 Å². The van der Waals surface area contributed by atoms with Gasteiger partial charge in [0.05, 0.1) is 5.39 Å². The van der Waals surface area contributed by atoms with Gasteiger partial charge in [-0.05, 0) is 38.5 Å². The Morgan fingerprint density at radius 3 is 2.68 bits per heavy atom. The Hall–Kier alpha value is -1.94. The number of benzene rings is 1. The summed E-state index contributed by atoms with van der Waals surface area (Å²) in [4.78, 5) is 10.9. The maximum absolute atomic E-state index is 4.36. The molecule has 1 aromatic carbocycles. The van der Waals surface area contributed by atoms with E-state index in [2.05, 4.69) is 60.3 Å². The highest BCUT2D eigenvalue weighted by Crippen LogP contribution is 2.30. The molecule has 0 saturated carbocycles. The van der Waals surface area contributed by atoms with Crippen LogP contribution in [0.15, 0.2) is 30.6 Å². The summed E-state index contributed by atoms with van der Waals surface area (Å²) in [7, 11) is 0. The summed E-state index contributed by atoms with van der Waals surface area (Å²) >= 11 is 1.69. The van der Waals surface area contributed by atoms with Crippen LogP contribution in [0, 0.1) is 20.8 Å². The average molecular weight is 269 g/mol. The molecule has 2 aromatic heterocycles. The zero-order valence-corrected chi connectivity index (χ0v) is 12.0. The third-order valence-electron chi connectivity index (χ3n) is 3.09. The Morgan fingerprint density at radius 1 is 1.05 bits per heavy atom. The standard InChI is InChI=1S/C15H15N3S/c1-9-4-5-13(10(2)6-9)18-14-12-7-11(3)19-15(12)17-8-16-14/h4-8H,1-3H3,(H,16,17,18). The Morgan fingerprint density at radius 2 is 1.89 bits per heavy atom. The van der Waals surface area contributed by atoms with Crippen molar-refractivity contribution in [2.24, 2.45) is 0 Å². The highest BCUT2D eigenvalue weighted by molar-refractivity contribution is 7.18. The van der Waals surface area contributed by atoms with Crippen LogP contribution in [0.3, 0.4) is 0 Å². The first kappa shape index (κ1) is 12.1. The molecule has 0 aliphatic rings. The smallest absolute Gasteiger partial charge is 0.142 e. The van der Waals surface area contributed by atoms with Crippen molar-refractivity contribution in [2.75, 3.05) is 5.32 Å². The molecule has 19 heavy (non-hydrogen) atoms. The van der Waals surface area contributed by atoms with E-state index in [0.29, 0.717) is 0 Å². The number of aromatic nitrogens is 2. The lowest BCUT2D eigenvalue weighted by Crippen LogP contribution is -1.96. The van der Waals surface area contributed by atoms with Crippen LogP contribution in [-0.4, -0.2) is 9.97 Å². The summed E-state index contributed by atoms with van der Waals surface area (Å²) in [6.45, 7) is 6.29. The van der Waals surface area contributed by atoms with Gasteiger partial charge in [-0.25, -0.2) is 9.97 Å². The van der Waals surface area contributed by atoms with Crippen LogP contribution in [-0.2, 0) is 0 Å². The first-order chi connectivity index (χ1) is 9.13. The molecule has 96 valence electrons. The molecule has 2 heterocycles. The molecule has 0 unspecified atom stereocenters. The molecule has 1 N–H and O–H groups in total. The number of nitrogens with one attached hydrogen (secondary N) is 1. The maximum atomic E-state index is 4.36. The van der Waals surface area contributed by atoms with E-state index >= 15 is 0 Å². The monoisotopic (exact) mass is 269 g/mol. The molecule has 0 bridgehead atoms. The molecular weight excluding hydrogens is 254 g/mol. The molecule has 0 atom stereocenters. The summed E-state index contributed by atoms with van der Waals surface area (Å²) in [5.41, 5.74) is 3.58. The minimum Gasteiger partial charge on any atom is -0.339 e. The fraction of sp³-hybridized carbons (Fsp3) is 0.200. The van der Waals surface area contributed by atoms with Crippen molar-refractivity contribution < 1.29 is 0 Å². The van der Waals surface area contributed by atoms with Crippen molar-refractivity contribution in [3.63, 3.8) is 0 Å². The first-order valence-corrected chi connectivity index (χ1v) is 7.00. The van der Waals surface area contributed by atoms with Crippen molar-refractivity contribution in [1.29, 1.82) is 0 Å². The van der Waals surface area contributed by atoms with E-state index in [0.717, 1.165) is 21.7 Å². The minimum absolute atomic E-state index is 0.876. The Labute approximate surface area is 116 Å². The van der Waals surface area contributed by atoms with E-state index in [1.54, 1.807) is 17.7 Å². The summed E-state index contributed by atoms with van der Waals surface area (Å²) in [6, 6.07) is 8.50. The highest BCUT2D eigenvalue weighted by atomic mass is 32.1. The van der Waals surface area contributed by atoms with Gasteiger partial charge in [-0.3, -0.25) is 0 Å². The van der Waals surface area contributed by atoms with Crippen LogP contribution < -0.4 is 5.32 Å². The van der Waals surface area contributed by atoms with Gasteiger partial charge in [-0.15, -0.1) is 11.3 Å². The van der Waals surface area contributed by atoms with Gasteiger partial charge in [0.15, 0.2) is 0 Å². The summed E-state index contributed by atoms with van der Waals surface area (Å²) in [6.07, 6.45) is 1.62. The molecule has 4 heteroatoms. The third-order valence-corrected chi connectivity index (χ3v) is 4.05. The van der Waals surface area contributed by atoms with E-state index < -0.39 is 0 Å². The molecule has 3 aromatic rings. The van der Waals surface area contributed by atoms with E-state index in [1.807, 2.05) is 0 Å². The highest BCUT2D eigenvalue weighted by Gasteiger charge is 2.08. The lowest BCUT2D eigenvalue weighted by Gasteiger charge is -2.10. The summed E-state index contributed by atoms with van der Waals surface area (Å²) in [5, 5.41) is 4.50. The predicted molar refractivity (Wildman–Crippen MR) is 81.4 cm³/mol. The van der Waals surface area contributed by atoms with Crippen LogP contribution in [0.25, 0.3) is 10.2 Å². The van der Waals surface area contributed by atoms with Crippen molar-refractivity contribution in [1.82, 2.24) is 9.97 Å². The number of rotatable bonds is 2. The van der Waals surface area contributed by atoms with Crippen molar-refractivity contribution in [3.05, 3.63) is 46.6 Å². The zero-order chi connectivity index (χ0) is 13.4. The van der Waals surface area contributed by atoms with Gasteiger partial charge in [-0.1, -0.05) is 17.7 Å². The minimum atomic E-state index is 0.876. The Kier molecular flexibility index (Phi) is 2.95. The zero-order valence-electron chi connectivity index (χ0n) is 11.2. The fourth-order valence-corrected chi connectivity index (χ4v) is 3.00. The molecule has 0 aliphatic carbocycles. The van der Waals surface area contributed by atoms with Gasteiger partial charge in [-0.2, -0.15) is 0 Å². The van der Waals surface area contributed by atoms with E-state index in [1.165, 1.54) is 16.0 Å². The number of fused-ring (bicyclic) bond motifs is 1. The average Bonchev–Trinajstić information content (AvgIpc) is 2.74. The second-order valence-electron chi connectivity index (χ2n) is 4.74. The molecular formula is C15H15N3S. The van der Waals surface area contributed by atoms with Crippen molar-refractivity contribution in [3.8, 4) is 0 Å².